The first-order valence-electron chi connectivity index (χ1n) is 6.46. The van der Waals surface area contributed by atoms with E-state index in [-0.39, 0.29) is 16.6 Å². The monoisotopic (exact) mass is 344 g/mol. The molecule has 0 aliphatic heterocycles. The van der Waals surface area contributed by atoms with E-state index in [1.54, 1.807) is 13.0 Å². The standard InChI is InChI=1S/C14H17ClN2O2S2/c1-3-12(13-5-4-6-20-13)17-21(18,19)14-8-11(16)10(15)7-9(14)2/h4-8,12,17H,3,16H2,1-2H3. The molecular weight excluding hydrogens is 328 g/mol. The number of hydrogen-bond acceptors (Lipinski definition) is 4. The smallest absolute Gasteiger partial charge is 0.241 e. The number of hydrogen-bond donors (Lipinski definition) is 2. The van der Waals surface area contributed by atoms with Crippen LogP contribution in [0.15, 0.2) is 34.5 Å². The van der Waals surface area contributed by atoms with Crippen molar-refractivity contribution in [2.75, 3.05) is 5.73 Å². The van der Waals surface area contributed by atoms with Crippen LogP contribution in [0.1, 0.15) is 29.8 Å². The second-order valence-corrected chi connectivity index (χ2v) is 7.81. The average Bonchev–Trinajstić information content (AvgIpc) is 2.94. The highest BCUT2D eigenvalue weighted by Crippen LogP contribution is 2.29. The molecule has 4 nitrogen and oxygen atoms in total. The maximum Gasteiger partial charge on any atom is 0.241 e. The van der Waals surface area contributed by atoms with Gasteiger partial charge in [-0.15, -0.1) is 11.3 Å². The Hall–Kier alpha value is -1.08. The summed E-state index contributed by atoms with van der Waals surface area (Å²) in [4.78, 5) is 1.15. The van der Waals surface area contributed by atoms with E-state index in [4.69, 9.17) is 17.3 Å². The predicted octanol–water partition coefficient (Wildman–Crippen LogP) is 3.72. The number of nitrogen functional groups attached to an aromatic ring is 1. The van der Waals surface area contributed by atoms with Gasteiger partial charge in [-0.05, 0) is 42.5 Å². The molecule has 1 aromatic carbocycles. The molecule has 1 unspecified atom stereocenters. The molecule has 0 spiro atoms. The molecule has 1 atom stereocenters. The summed E-state index contributed by atoms with van der Waals surface area (Å²) in [6.45, 7) is 3.64. The minimum Gasteiger partial charge on any atom is -0.397 e. The van der Waals surface area contributed by atoms with Gasteiger partial charge in [0.15, 0.2) is 0 Å². The van der Waals surface area contributed by atoms with Gasteiger partial charge in [0, 0.05) is 4.88 Å². The van der Waals surface area contributed by atoms with E-state index < -0.39 is 10.0 Å². The third kappa shape index (κ3) is 3.58. The molecule has 0 saturated heterocycles. The topological polar surface area (TPSA) is 72.2 Å². The largest absolute Gasteiger partial charge is 0.397 e. The highest BCUT2D eigenvalue weighted by Gasteiger charge is 2.23. The van der Waals surface area contributed by atoms with Crippen molar-refractivity contribution in [3.05, 3.63) is 45.1 Å². The molecule has 2 aromatic rings. The zero-order valence-electron chi connectivity index (χ0n) is 11.8. The van der Waals surface area contributed by atoms with E-state index in [0.717, 1.165) is 4.88 Å². The van der Waals surface area contributed by atoms with Crippen molar-refractivity contribution in [1.29, 1.82) is 0 Å². The minimum atomic E-state index is -3.65. The Balaban J connectivity index is 2.36. The summed E-state index contributed by atoms with van der Waals surface area (Å²) in [6, 6.07) is 6.55. The van der Waals surface area contributed by atoms with Gasteiger partial charge in [-0.3, -0.25) is 0 Å². The summed E-state index contributed by atoms with van der Waals surface area (Å²) >= 11 is 7.44. The van der Waals surface area contributed by atoms with Gasteiger partial charge in [0.05, 0.1) is 21.6 Å². The number of sulfonamides is 1. The second kappa shape index (κ2) is 6.36. The zero-order valence-corrected chi connectivity index (χ0v) is 14.1. The van der Waals surface area contributed by atoms with Crippen molar-refractivity contribution in [3.63, 3.8) is 0 Å². The van der Waals surface area contributed by atoms with Crippen LogP contribution in [0.3, 0.4) is 0 Å². The molecule has 2 rings (SSSR count). The zero-order chi connectivity index (χ0) is 15.6. The van der Waals surface area contributed by atoms with Crippen LogP contribution in [0.25, 0.3) is 0 Å². The third-order valence-corrected chi connectivity index (χ3v) is 6.10. The molecule has 0 saturated carbocycles. The Kier molecular flexibility index (Phi) is 4.93. The van der Waals surface area contributed by atoms with Gasteiger partial charge >= 0.3 is 0 Å². The number of rotatable bonds is 5. The van der Waals surface area contributed by atoms with Gasteiger partial charge in [-0.2, -0.15) is 0 Å². The first-order valence-corrected chi connectivity index (χ1v) is 9.20. The highest BCUT2D eigenvalue weighted by molar-refractivity contribution is 7.89. The third-order valence-electron chi connectivity index (χ3n) is 3.18. The summed E-state index contributed by atoms with van der Waals surface area (Å²) in [6.07, 6.45) is 0.669. The molecule has 0 aliphatic rings. The normalized spacial score (nSPS) is 13.3. The number of thiophene rings is 1. The van der Waals surface area contributed by atoms with Gasteiger partial charge < -0.3 is 5.73 Å². The van der Waals surface area contributed by atoms with Crippen molar-refractivity contribution in [3.8, 4) is 0 Å². The Labute approximate surface area is 134 Å². The Morgan fingerprint density at radius 3 is 2.71 bits per heavy atom. The fraction of sp³-hybridized carbons (Fsp3) is 0.286. The lowest BCUT2D eigenvalue weighted by molar-refractivity contribution is 0.552. The summed E-state index contributed by atoms with van der Waals surface area (Å²) in [7, 11) is -3.65. The molecule has 114 valence electrons. The van der Waals surface area contributed by atoms with Crippen LogP contribution >= 0.6 is 22.9 Å². The second-order valence-electron chi connectivity index (χ2n) is 4.74. The Bertz CT molecular complexity index is 728. The minimum absolute atomic E-state index is 0.166. The van der Waals surface area contributed by atoms with Crippen LogP contribution < -0.4 is 10.5 Å². The molecule has 3 N–H and O–H groups in total. The molecule has 21 heavy (non-hydrogen) atoms. The molecule has 0 aliphatic carbocycles. The fourth-order valence-corrected chi connectivity index (χ4v) is 4.76. The van der Waals surface area contributed by atoms with E-state index in [1.165, 1.54) is 17.4 Å². The first kappa shape index (κ1) is 16.3. The van der Waals surface area contributed by atoms with Crippen LogP contribution in [-0.2, 0) is 10.0 Å². The van der Waals surface area contributed by atoms with Gasteiger partial charge in [-0.1, -0.05) is 24.6 Å². The quantitative estimate of drug-likeness (QED) is 0.812. The van der Waals surface area contributed by atoms with Crippen LogP contribution in [0.5, 0.6) is 0 Å². The Morgan fingerprint density at radius 1 is 1.43 bits per heavy atom. The first-order chi connectivity index (χ1) is 9.85. The Morgan fingerprint density at radius 2 is 2.14 bits per heavy atom. The predicted molar refractivity (Wildman–Crippen MR) is 88.3 cm³/mol. The number of nitrogens with one attached hydrogen (secondary N) is 1. The van der Waals surface area contributed by atoms with Gasteiger partial charge in [0.25, 0.3) is 0 Å². The lowest BCUT2D eigenvalue weighted by atomic mass is 10.2. The number of aryl methyl sites for hydroxylation is 1. The van der Waals surface area contributed by atoms with E-state index in [1.807, 2.05) is 24.4 Å². The number of nitrogens with two attached hydrogens (primary N) is 1. The molecule has 7 heteroatoms. The molecule has 0 radical (unpaired) electrons. The van der Waals surface area contributed by atoms with Crippen molar-refractivity contribution in [2.45, 2.75) is 31.2 Å². The van der Waals surface area contributed by atoms with Crippen LogP contribution in [-0.4, -0.2) is 8.42 Å². The van der Waals surface area contributed by atoms with Crippen molar-refractivity contribution >= 4 is 38.6 Å². The van der Waals surface area contributed by atoms with Crippen LogP contribution in [0, 0.1) is 6.92 Å². The lowest BCUT2D eigenvalue weighted by Gasteiger charge is -2.17. The molecule has 1 heterocycles. The maximum atomic E-state index is 12.6. The van der Waals surface area contributed by atoms with Crippen molar-refractivity contribution < 1.29 is 8.42 Å². The number of anilines is 1. The lowest BCUT2D eigenvalue weighted by Crippen LogP contribution is -2.28. The number of halogens is 1. The van der Waals surface area contributed by atoms with E-state index in [0.29, 0.717) is 17.0 Å². The molecular formula is C14H17ClN2O2S2. The molecule has 0 fully saturated rings. The SMILES string of the molecule is CCC(NS(=O)(=O)c1cc(N)c(Cl)cc1C)c1cccs1. The van der Waals surface area contributed by atoms with Crippen molar-refractivity contribution in [2.24, 2.45) is 0 Å². The average molecular weight is 345 g/mol. The maximum absolute atomic E-state index is 12.6. The summed E-state index contributed by atoms with van der Waals surface area (Å²) in [5.74, 6) is 0. The van der Waals surface area contributed by atoms with Crippen molar-refractivity contribution in [1.82, 2.24) is 4.72 Å². The van der Waals surface area contributed by atoms with Gasteiger partial charge in [0.2, 0.25) is 10.0 Å². The van der Waals surface area contributed by atoms with E-state index >= 15 is 0 Å². The van der Waals surface area contributed by atoms with Gasteiger partial charge in [0.1, 0.15) is 0 Å². The molecule has 0 amide bonds. The molecule has 0 bridgehead atoms. The number of benzene rings is 1. The van der Waals surface area contributed by atoms with Crippen LogP contribution in [0.4, 0.5) is 5.69 Å². The summed E-state index contributed by atoms with van der Waals surface area (Å²) in [5, 5.41) is 2.29. The molecule has 1 aromatic heterocycles. The highest BCUT2D eigenvalue weighted by atomic mass is 35.5. The summed E-state index contributed by atoms with van der Waals surface area (Å²) < 4.78 is 27.9. The van der Waals surface area contributed by atoms with E-state index in [9.17, 15) is 8.42 Å². The van der Waals surface area contributed by atoms with E-state index in [2.05, 4.69) is 4.72 Å². The van der Waals surface area contributed by atoms with Gasteiger partial charge in [-0.25, -0.2) is 13.1 Å². The summed E-state index contributed by atoms with van der Waals surface area (Å²) in [5.41, 5.74) is 6.55. The van der Waals surface area contributed by atoms with Crippen LogP contribution in [0.2, 0.25) is 5.02 Å². The fourth-order valence-electron chi connectivity index (χ4n) is 2.04.